The second-order valence-corrected chi connectivity index (χ2v) is 4.70. The molecule has 2 rings (SSSR count). The summed E-state index contributed by atoms with van der Waals surface area (Å²) in [4.78, 5) is 16.2. The van der Waals surface area contributed by atoms with Crippen LogP contribution in [-0.2, 0) is 6.42 Å². The minimum Gasteiger partial charge on any atom is -0.294 e. The van der Waals surface area contributed by atoms with Gasteiger partial charge in [0.1, 0.15) is 0 Å². The number of benzene rings is 1. The molecule has 18 heavy (non-hydrogen) atoms. The van der Waals surface area contributed by atoms with E-state index in [-0.39, 0.29) is 5.78 Å². The van der Waals surface area contributed by atoms with Gasteiger partial charge in [0, 0.05) is 17.5 Å². The minimum absolute atomic E-state index is 0.115. The van der Waals surface area contributed by atoms with Crippen LogP contribution < -0.4 is 0 Å². The first-order chi connectivity index (χ1) is 8.66. The van der Waals surface area contributed by atoms with E-state index in [9.17, 15) is 4.79 Å². The van der Waals surface area contributed by atoms with Gasteiger partial charge in [-0.2, -0.15) is 0 Å². The van der Waals surface area contributed by atoms with Gasteiger partial charge in [-0.1, -0.05) is 44.2 Å². The maximum Gasteiger partial charge on any atom is 0.168 e. The third-order valence-corrected chi connectivity index (χ3v) is 2.97. The van der Waals surface area contributed by atoms with Gasteiger partial charge in [-0.25, -0.2) is 0 Å². The van der Waals surface area contributed by atoms with Crippen molar-refractivity contribution in [2.75, 3.05) is 0 Å². The first kappa shape index (κ1) is 12.5. The maximum atomic E-state index is 12.1. The Morgan fingerprint density at radius 1 is 1.11 bits per heavy atom. The molecule has 2 aromatic rings. The average Bonchev–Trinajstić information content (AvgIpc) is 2.40. The lowest BCUT2D eigenvalue weighted by Gasteiger charge is -2.06. The number of pyridine rings is 1. The molecule has 1 aromatic carbocycles. The van der Waals surface area contributed by atoms with Crippen molar-refractivity contribution in [1.29, 1.82) is 0 Å². The second-order valence-electron chi connectivity index (χ2n) is 4.70. The Bertz CT molecular complexity index is 515. The highest BCUT2D eigenvalue weighted by Gasteiger charge is 2.08. The van der Waals surface area contributed by atoms with Crippen molar-refractivity contribution >= 4 is 5.78 Å². The van der Waals surface area contributed by atoms with Gasteiger partial charge in [0.2, 0.25) is 0 Å². The third-order valence-electron chi connectivity index (χ3n) is 2.97. The molecular weight excluding hydrogens is 222 g/mol. The van der Waals surface area contributed by atoms with Crippen LogP contribution in [0.3, 0.4) is 0 Å². The summed E-state index contributed by atoms with van der Waals surface area (Å²) >= 11 is 0. The van der Waals surface area contributed by atoms with Crippen LogP contribution in [0, 0.1) is 0 Å². The number of aromatic nitrogens is 1. The molecule has 0 unspecified atom stereocenters. The van der Waals surface area contributed by atoms with Crippen LogP contribution in [0.15, 0.2) is 48.7 Å². The molecule has 92 valence electrons. The lowest BCUT2D eigenvalue weighted by molar-refractivity contribution is 0.0992. The van der Waals surface area contributed by atoms with E-state index in [0.717, 1.165) is 11.3 Å². The van der Waals surface area contributed by atoms with Gasteiger partial charge in [0.25, 0.3) is 0 Å². The lowest BCUT2D eigenvalue weighted by atomic mass is 9.99. The number of rotatable bonds is 4. The predicted octanol–water partition coefficient (Wildman–Crippen LogP) is 3.63. The Labute approximate surface area is 108 Å². The number of nitrogens with zero attached hydrogens (tertiary/aromatic N) is 1. The SMILES string of the molecule is CC(C)c1ccc(C(=O)Cc2ccccn2)cc1. The van der Waals surface area contributed by atoms with Gasteiger partial charge in [0.05, 0.1) is 6.42 Å². The molecule has 0 fully saturated rings. The van der Waals surface area contributed by atoms with E-state index in [1.165, 1.54) is 5.56 Å². The standard InChI is InChI=1S/C16H17NO/c1-12(2)13-6-8-14(9-7-13)16(18)11-15-5-3-4-10-17-15/h3-10,12H,11H2,1-2H3. The Kier molecular flexibility index (Phi) is 3.88. The highest BCUT2D eigenvalue weighted by atomic mass is 16.1. The van der Waals surface area contributed by atoms with Crippen LogP contribution in [0.5, 0.6) is 0 Å². The van der Waals surface area contributed by atoms with E-state index >= 15 is 0 Å². The van der Waals surface area contributed by atoms with Crippen molar-refractivity contribution in [1.82, 2.24) is 4.98 Å². The number of carbonyl (C=O) groups excluding carboxylic acids is 1. The molecule has 0 amide bonds. The third kappa shape index (κ3) is 3.04. The maximum absolute atomic E-state index is 12.1. The molecule has 0 spiro atoms. The fourth-order valence-corrected chi connectivity index (χ4v) is 1.82. The van der Waals surface area contributed by atoms with Crippen molar-refractivity contribution in [3.05, 3.63) is 65.5 Å². The van der Waals surface area contributed by atoms with Crippen molar-refractivity contribution in [2.45, 2.75) is 26.2 Å². The summed E-state index contributed by atoms with van der Waals surface area (Å²) in [7, 11) is 0. The van der Waals surface area contributed by atoms with Crippen molar-refractivity contribution in [2.24, 2.45) is 0 Å². The summed E-state index contributed by atoms with van der Waals surface area (Å²) in [5.74, 6) is 0.606. The van der Waals surface area contributed by atoms with E-state index in [1.807, 2.05) is 42.5 Å². The molecule has 2 nitrogen and oxygen atoms in total. The van der Waals surface area contributed by atoms with Crippen LogP contribution in [0.25, 0.3) is 0 Å². The van der Waals surface area contributed by atoms with Crippen molar-refractivity contribution in [3.8, 4) is 0 Å². The molecule has 0 N–H and O–H groups in total. The normalized spacial score (nSPS) is 10.6. The summed E-state index contributed by atoms with van der Waals surface area (Å²) in [6.07, 6.45) is 2.08. The van der Waals surface area contributed by atoms with E-state index < -0.39 is 0 Å². The zero-order valence-electron chi connectivity index (χ0n) is 10.8. The summed E-state index contributed by atoms with van der Waals surface area (Å²) in [6, 6.07) is 13.5. The molecule has 2 heteroatoms. The molecule has 0 saturated heterocycles. The van der Waals surface area contributed by atoms with Gasteiger partial charge >= 0.3 is 0 Å². The number of hydrogen-bond acceptors (Lipinski definition) is 2. The van der Waals surface area contributed by atoms with Crippen LogP contribution in [0.2, 0.25) is 0 Å². The fourth-order valence-electron chi connectivity index (χ4n) is 1.82. The number of hydrogen-bond donors (Lipinski definition) is 0. The second kappa shape index (κ2) is 5.58. The number of Topliss-reactive ketones (excluding diaryl/α,β-unsaturated/α-hetero) is 1. The summed E-state index contributed by atoms with van der Waals surface area (Å²) in [5, 5.41) is 0. The van der Waals surface area contributed by atoms with E-state index in [2.05, 4.69) is 18.8 Å². The highest BCUT2D eigenvalue weighted by molar-refractivity contribution is 5.97. The number of ketones is 1. The van der Waals surface area contributed by atoms with Crippen LogP contribution >= 0.6 is 0 Å². The Morgan fingerprint density at radius 2 is 1.83 bits per heavy atom. The van der Waals surface area contributed by atoms with Gasteiger partial charge in [-0.05, 0) is 23.6 Å². The molecule has 1 aromatic heterocycles. The first-order valence-electron chi connectivity index (χ1n) is 6.20. The topological polar surface area (TPSA) is 30.0 Å². The molecule has 0 aliphatic heterocycles. The zero-order valence-corrected chi connectivity index (χ0v) is 10.8. The van der Waals surface area contributed by atoms with Gasteiger partial charge < -0.3 is 0 Å². The van der Waals surface area contributed by atoms with E-state index in [0.29, 0.717) is 12.3 Å². The number of carbonyl (C=O) groups is 1. The predicted molar refractivity (Wildman–Crippen MR) is 72.8 cm³/mol. The first-order valence-corrected chi connectivity index (χ1v) is 6.20. The zero-order chi connectivity index (χ0) is 13.0. The Morgan fingerprint density at radius 3 is 2.39 bits per heavy atom. The highest BCUT2D eigenvalue weighted by Crippen LogP contribution is 2.15. The summed E-state index contributed by atoms with van der Waals surface area (Å²) in [5.41, 5.74) is 2.82. The molecule has 0 bridgehead atoms. The largest absolute Gasteiger partial charge is 0.294 e. The molecular formula is C16H17NO. The van der Waals surface area contributed by atoms with E-state index in [1.54, 1.807) is 6.20 Å². The fraction of sp³-hybridized carbons (Fsp3) is 0.250. The van der Waals surface area contributed by atoms with E-state index in [4.69, 9.17) is 0 Å². The van der Waals surface area contributed by atoms with Gasteiger partial charge in [0.15, 0.2) is 5.78 Å². The Balaban J connectivity index is 2.10. The minimum atomic E-state index is 0.115. The molecule has 0 radical (unpaired) electrons. The van der Waals surface area contributed by atoms with Crippen LogP contribution in [0.4, 0.5) is 0 Å². The summed E-state index contributed by atoms with van der Waals surface area (Å²) in [6.45, 7) is 4.29. The Hall–Kier alpha value is -1.96. The average molecular weight is 239 g/mol. The summed E-state index contributed by atoms with van der Waals surface area (Å²) < 4.78 is 0. The van der Waals surface area contributed by atoms with Crippen LogP contribution in [-0.4, -0.2) is 10.8 Å². The van der Waals surface area contributed by atoms with Gasteiger partial charge in [-0.3, -0.25) is 9.78 Å². The van der Waals surface area contributed by atoms with Crippen LogP contribution in [0.1, 0.15) is 41.4 Å². The van der Waals surface area contributed by atoms with Gasteiger partial charge in [-0.15, -0.1) is 0 Å². The molecule has 1 heterocycles. The molecule has 0 aliphatic rings. The monoisotopic (exact) mass is 239 g/mol. The quantitative estimate of drug-likeness (QED) is 0.762. The van der Waals surface area contributed by atoms with Crippen molar-refractivity contribution < 1.29 is 4.79 Å². The van der Waals surface area contributed by atoms with Crippen molar-refractivity contribution in [3.63, 3.8) is 0 Å². The molecule has 0 aliphatic carbocycles. The molecule has 0 atom stereocenters. The smallest absolute Gasteiger partial charge is 0.168 e. The molecule has 0 saturated carbocycles. The lowest BCUT2D eigenvalue weighted by Crippen LogP contribution is -2.05.